The number of nitro groups is 1. The van der Waals surface area contributed by atoms with E-state index in [2.05, 4.69) is 0 Å². The minimum absolute atomic E-state index is 0.117. The van der Waals surface area contributed by atoms with E-state index in [-0.39, 0.29) is 16.8 Å². The first-order valence-corrected chi connectivity index (χ1v) is 4.48. The van der Waals surface area contributed by atoms with E-state index < -0.39 is 4.92 Å². The number of nitriles is 1. The summed E-state index contributed by atoms with van der Waals surface area (Å²) >= 11 is 5.72. The van der Waals surface area contributed by atoms with Crippen LogP contribution in [0.15, 0.2) is 24.3 Å². The van der Waals surface area contributed by atoms with Gasteiger partial charge < -0.3 is 0 Å². The average molecular weight is 223 g/mol. The molecule has 0 bridgehead atoms. The first-order valence-electron chi connectivity index (χ1n) is 4.11. The molecule has 0 heterocycles. The van der Waals surface area contributed by atoms with Crippen molar-refractivity contribution in [2.45, 2.75) is 6.92 Å². The molecule has 0 aliphatic carbocycles. The Kier molecular flexibility index (Phi) is 3.42. The number of allylic oxidation sites excluding steroid dienone is 2. The van der Waals surface area contributed by atoms with E-state index in [1.807, 2.05) is 6.07 Å². The Labute approximate surface area is 91.6 Å². The summed E-state index contributed by atoms with van der Waals surface area (Å²) in [5.74, 6) is 0. The van der Waals surface area contributed by atoms with Gasteiger partial charge in [-0.2, -0.15) is 5.26 Å². The van der Waals surface area contributed by atoms with Gasteiger partial charge in [0.15, 0.2) is 0 Å². The molecular weight excluding hydrogens is 216 g/mol. The van der Waals surface area contributed by atoms with E-state index in [0.29, 0.717) is 5.02 Å². The van der Waals surface area contributed by atoms with Crippen LogP contribution in [-0.2, 0) is 0 Å². The number of hydrogen-bond acceptors (Lipinski definition) is 3. The highest BCUT2D eigenvalue weighted by Gasteiger charge is 2.16. The molecule has 4 nitrogen and oxygen atoms in total. The summed E-state index contributed by atoms with van der Waals surface area (Å²) in [6, 6.07) is 6.02. The van der Waals surface area contributed by atoms with Gasteiger partial charge in [-0.3, -0.25) is 10.1 Å². The van der Waals surface area contributed by atoms with E-state index in [9.17, 15) is 10.1 Å². The molecule has 0 radical (unpaired) electrons. The summed E-state index contributed by atoms with van der Waals surface area (Å²) in [6.07, 6.45) is 1.51. The standard InChI is InChI=1S/C10H7ClN2O2/c1-2-7(6-12)9-5-8(11)3-4-10(9)13(14)15/h2-5H,1H3/b7-2+. The molecule has 15 heavy (non-hydrogen) atoms. The molecule has 0 atom stereocenters. The lowest BCUT2D eigenvalue weighted by Crippen LogP contribution is -1.94. The maximum atomic E-state index is 10.7. The van der Waals surface area contributed by atoms with Crippen molar-refractivity contribution in [3.05, 3.63) is 45.0 Å². The van der Waals surface area contributed by atoms with Crippen LogP contribution in [0.2, 0.25) is 5.02 Å². The molecule has 0 N–H and O–H groups in total. The van der Waals surface area contributed by atoms with Crippen molar-refractivity contribution in [2.24, 2.45) is 0 Å². The molecule has 0 amide bonds. The summed E-state index contributed by atoms with van der Waals surface area (Å²) in [4.78, 5) is 10.2. The molecule has 0 aromatic heterocycles. The molecule has 1 rings (SSSR count). The second kappa shape index (κ2) is 4.58. The van der Waals surface area contributed by atoms with Gasteiger partial charge in [-0.15, -0.1) is 0 Å². The lowest BCUT2D eigenvalue weighted by Gasteiger charge is -2.01. The number of nitrogens with zero attached hydrogens (tertiary/aromatic N) is 2. The second-order valence-electron chi connectivity index (χ2n) is 2.73. The van der Waals surface area contributed by atoms with E-state index in [1.165, 1.54) is 24.3 Å². The van der Waals surface area contributed by atoms with Crippen LogP contribution in [0.3, 0.4) is 0 Å². The summed E-state index contributed by atoms with van der Waals surface area (Å²) in [5, 5.41) is 19.9. The molecule has 1 aromatic rings. The van der Waals surface area contributed by atoms with Crippen LogP contribution in [0.25, 0.3) is 5.57 Å². The Morgan fingerprint density at radius 1 is 1.67 bits per heavy atom. The average Bonchev–Trinajstić information content (AvgIpc) is 2.19. The Balaban J connectivity index is 3.45. The summed E-state index contributed by atoms with van der Waals surface area (Å²) < 4.78 is 0. The molecule has 0 aliphatic rings. The predicted molar refractivity (Wildman–Crippen MR) is 57.4 cm³/mol. The predicted octanol–water partition coefficient (Wildman–Crippen LogP) is 3.18. The third-order valence-electron chi connectivity index (χ3n) is 1.85. The zero-order valence-corrected chi connectivity index (χ0v) is 8.65. The number of halogens is 1. The van der Waals surface area contributed by atoms with Crippen LogP contribution in [-0.4, -0.2) is 4.92 Å². The SMILES string of the molecule is C/C=C(\C#N)c1cc(Cl)ccc1[N+](=O)[O-]. The topological polar surface area (TPSA) is 66.9 Å². The van der Waals surface area contributed by atoms with Gasteiger partial charge in [0.2, 0.25) is 0 Å². The summed E-state index contributed by atoms with van der Waals surface area (Å²) in [7, 11) is 0. The molecule has 1 aromatic carbocycles. The molecule has 5 heteroatoms. The van der Waals surface area contributed by atoms with Crippen molar-refractivity contribution >= 4 is 22.9 Å². The normalized spacial score (nSPS) is 10.9. The highest BCUT2D eigenvalue weighted by Crippen LogP contribution is 2.28. The number of rotatable bonds is 2. The van der Waals surface area contributed by atoms with Gasteiger partial charge in [0.25, 0.3) is 5.69 Å². The van der Waals surface area contributed by atoms with Gasteiger partial charge in [0.1, 0.15) is 0 Å². The largest absolute Gasteiger partial charge is 0.278 e. The third-order valence-corrected chi connectivity index (χ3v) is 2.09. The van der Waals surface area contributed by atoms with Gasteiger partial charge in [-0.25, -0.2) is 0 Å². The van der Waals surface area contributed by atoms with Gasteiger partial charge in [-0.05, 0) is 19.1 Å². The van der Waals surface area contributed by atoms with E-state index >= 15 is 0 Å². The Morgan fingerprint density at radius 3 is 2.80 bits per heavy atom. The molecular formula is C10H7ClN2O2. The fourth-order valence-corrected chi connectivity index (χ4v) is 1.34. The van der Waals surface area contributed by atoms with Crippen LogP contribution < -0.4 is 0 Å². The highest BCUT2D eigenvalue weighted by molar-refractivity contribution is 6.30. The first kappa shape index (κ1) is 11.2. The van der Waals surface area contributed by atoms with Crippen molar-refractivity contribution < 1.29 is 4.92 Å². The molecule has 0 saturated heterocycles. The molecule has 0 unspecified atom stereocenters. The van der Waals surface area contributed by atoms with Crippen molar-refractivity contribution in [1.29, 1.82) is 5.26 Å². The fraction of sp³-hybridized carbons (Fsp3) is 0.100. The Hall–Kier alpha value is -1.86. The Bertz CT molecular complexity index is 475. The van der Waals surface area contributed by atoms with Crippen molar-refractivity contribution in [2.75, 3.05) is 0 Å². The summed E-state index contributed by atoms with van der Waals surface area (Å²) in [5.41, 5.74) is 0.371. The zero-order valence-electron chi connectivity index (χ0n) is 7.90. The van der Waals surface area contributed by atoms with Gasteiger partial charge in [0.05, 0.1) is 22.1 Å². The second-order valence-corrected chi connectivity index (χ2v) is 3.17. The zero-order chi connectivity index (χ0) is 11.4. The Morgan fingerprint density at radius 2 is 2.33 bits per heavy atom. The first-order chi connectivity index (χ1) is 7.10. The molecule has 0 saturated carbocycles. The van der Waals surface area contributed by atoms with Gasteiger partial charge >= 0.3 is 0 Å². The molecule has 0 fully saturated rings. The van der Waals surface area contributed by atoms with Crippen LogP contribution in [0.1, 0.15) is 12.5 Å². The van der Waals surface area contributed by atoms with E-state index in [0.717, 1.165) is 0 Å². The minimum Gasteiger partial charge on any atom is -0.258 e. The third kappa shape index (κ3) is 2.33. The lowest BCUT2D eigenvalue weighted by molar-refractivity contribution is -0.385. The molecule has 0 aliphatic heterocycles. The fourth-order valence-electron chi connectivity index (χ4n) is 1.16. The van der Waals surface area contributed by atoms with E-state index in [1.54, 1.807) is 6.92 Å². The van der Waals surface area contributed by atoms with Crippen LogP contribution in [0.5, 0.6) is 0 Å². The molecule has 76 valence electrons. The van der Waals surface area contributed by atoms with Crippen molar-refractivity contribution in [1.82, 2.24) is 0 Å². The van der Waals surface area contributed by atoms with Crippen LogP contribution >= 0.6 is 11.6 Å². The monoisotopic (exact) mass is 222 g/mol. The molecule has 0 spiro atoms. The number of hydrogen-bond donors (Lipinski definition) is 0. The van der Waals surface area contributed by atoms with Crippen LogP contribution in [0.4, 0.5) is 5.69 Å². The smallest absolute Gasteiger partial charge is 0.258 e. The number of nitro benzene ring substituents is 1. The maximum absolute atomic E-state index is 10.7. The van der Waals surface area contributed by atoms with Gasteiger partial charge in [-0.1, -0.05) is 17.7 Å². The van der Waals surface area contributed by atoms with Crippen LogP contribution in [0, 0.1) is 21.4 Å². The van der Waals surface area contributed by atoms with Crippen molar-refractivity contribution in [3.63, 3.8) is 0 Å². The highest BCUT2D eigenvalue weighted by atomic mass is 35.5. The minimum atomic E-state index is -0.535. The maximum Gasteiger partial charge on any atom is 0.278 e. The lowest BCUT2D eigenvalue weighted by atomic mass is 10.1. The van der Waals surface area contributed by atoms with Gasteiger partial charge in [0, 0.05) is 11.1 Å². The number of benzene rings is 1. The van der Waals surface area contributed by atoms with Crippen molar-refractivity contribution in [3.8, 4) is 6.07 Å². The van der Waals surface area contributed by atoms with E-state index in [4.69, 9.17) is 16.9 Å². The quantitative estimate of drug-likeness (QED) is 0.438. The summed E-state index contributed by atoms with van der Waals surface area (Å²) in [6.45, 7) is 1.64.